The maximum atomic E-state index is 12.0. The molecule has 0 unspecified atom stereocenters. The van der Waals surface area contributed by atoms with E-state index in [4.69, 9.17) is 14.2 Å². The standard InChI is InChI=1S/C15H21NO6S/c1-15(2)21-10-12(22-15)9-20-14(17)11-5-7-13(8-6-11)23(18,19)16(3)4/h5-8,12H,9-10H2,1-4H3/t12-/m1/s1. The lowest BCUT2D eigenvalue weighted by molar-refractivity contribution is -0.142. The van der Waals surface area contributed by atoms with Crippen molar-refractivity contribution in [3.05, 3.63) is 29.8 Å². The van der Waals surface area contributed by atoms with Crippen LogP contribution in [0.2, 0.25) is 0 Å². The van der Waals surface area contributed by atoms with Gasteiger partial charge in [0, 0.05) is 14.1 Å². The van der Waals surface area contributed by atoms with E-state index in [0.29, 0.717) is 6.61 Å². The average Bonchev–Trinajstić information content (AvgIpc) is 2.84. The predicted molar refractivity (Wildman–Crippen MR) is 82.5 cm³/mol. The van der Waals surface area contributed by atoms with Crippen molar-refractivity contribution in [1.29, 1.82) is 0 Å². The highest BCUT2D eigenvalue weighted by molar-refractivity contribution is 7.89. The average molecular weight is 343 g/mol. The molecule has 0 bridgehead atoms. The number of carbonyl (C=O) groups excluding carboxylic acids is 1. The number of rotatable bonds is 5. The summed E-state index contributed by atoms with van der Waals surface area (Å²) >= 11 is 0. The monoisotopic (exact) mass is 343 g/mol. The summed E-state index contributed by atoms with van der Waals surface area (Å²) in [4.78, 5) is 12.1. The van der Waals surface area contributed by atoms with Gasteiger partial charge in [-0.25, -0.2) is 17.5 Å². The summed E-state index contributed by atoms with van der Waals surface area (Å²) in [7, 11) is -0.619. The lowest BCUT2D eigenvalue weighted by atomic mass is 10.2. The Labute approximate surface area is 136 Å². The van der Waals surface area contributed by atoms with E-state index in [-0.39, 0.29) is 23.2 Å². The van der Waals surface area contributed by atoms with Crippen LogP contribution in [0.4, 0.5) is 0 Å². The topological polar surface area (TPSA) is 82.1 Å². The molecule has 128 valence electrons. The smallest absolute Gasteiger partial charge is 0.338 e. The van der Waals surface area contributed by atoms with Crippen molar-refractivity contribution in [2.75, 3.05) is 27.3 Å². The Kier molecular flexibility index (Phi) is 5.10. The van der Waals surface area contributed by atoms with E-state index in [2.05, 4.69) is 0 Å². The van der Waals surface area contributed by atoms with Gasteiger partial charge in [0.2, 0.25) is 10.0 Å². The molecule has 1 atom stereocenters. The third kappa shape index (κ3) is 4.29. The Bertz CT molecular complexity index is 666. The molecule has 23 heavy (non-hydrogen) atoms. The Morgan fingerprint density at radius 1 is 1.30 bits per heavy atom. The fourth-order valence-electron chi connectivity index (χ4n) is 2.07. The molecule has 1 saturated heterocycles. The number of hydrogen-bond acceptors (Lipinski definition) is 6. The Hall–Kier alpha value is -1.48. The highest BCUT2D eigenvalue weighted by Crippen LogP contribution is 2.22. The zero-order chi connectivity index (χ0) is 17.3. The first-order chi connectivity index (χ1) is 10.6. The Morgan fingerprint density at radius 3 is 2.39 bits per heavy atom. The molecule has 1 heterocycles. The normalized spacial score (nSPS) is 20.7. The molecule has 0 aromatic heterocycles. The molecule has 1 aliphatic heterocycles. The van der Waals surface area contributed by atoms with Crippen LogP contribution in [0.5, 0.6) is 0 Å². The van der Waals surface area contributed by atoms with Gasteiger partial charge in [-0.05, 0) is 38.1 Å². The molecule has 0 amide bonds. The minimum atomic E-state index is -3.51. The molecule has 1 fully saturated rings. The van der Waals surface area contributed by atoms with Gasteiger partial charge in [-0.1, -0.05) is 0 Å². The molecule has 0 radical (unpaired) electrons. The fraction of sp³-hybridized carbons (Fsp3) is 0.533. The van der Waals surface area contributed by atoms with E-state index in [9.17, 15) is 13.2 Å². The minimum absolute atomic E-state index is 0.0833. The molecule has 8 heteroatoms. The van der Waals surface area contributed by atoms with Gasteiger partial charge in [-0.3, -0.25) is 0 Å². The van der Waals surface area contributed by atoms with E-state index in [1.807, 2.05) is 0 Å². The Morgan fingerprint density at radius 2 is 1.91 bits per heavy atom. The van der Waals surface area contributed by atoms with Gasteiger partial charge in [0.1, 0.15) is 12.7 Å². The van der Waals surface area contributed by atoms with Crippen molar-refractivity contribution >= 4 is 16.0 Å². The van der Waals surface area contributed by atoms with Gasteiger partial charge in [0.05, 0.1) is 17.1 Å². The van der Waals surface area contributed by atoms with Crippen molar-refractivity contribution in [3.63, 3.8) is 0 Å². The Balaban J connectivity index is 1.96. The molecule has 1 aromatic carbocycles. The van der Waals surface area contributed by atoms with Crippen LogP contribution in [0, 0.1) is 0 Å². The summed E-state index contributed by atoms with van der Waals surface area (Å²) < 4.78 is 41.1. The number of ether oxygens (including phenoxy) is 3. The van der Waals surface area contributed by atoms with Crippen molar-refractivity contribution in [1.82, 2.24) is 4.31 Å². The number of nitrogens with zero attached hydrogens (tertiary/aromatic N) is 1. The molecule has 0 spiro atoms. The SMILES string of the molecule is CN(C)S(=O)(=O)c1ccc(C(=O)OC[C@@H]2COC(C)(C)O2)cc1. The van der Waals surface area contributed by atoms with Crippen LogP contribution in [-0.2, 0) is 24.2 Å². The number of hydrogen-bond donors (Lipinski definition) is 0. The number of benzene rings is 1. The number of sulfonamides is 1. The maximum Gasteiger partial charge on any atom is 0.338 e. The molecular weight excluding hydrogens is 322 g/mol. The van der Waals surface area contributed by atoms with Crippen LogP contribution in [0.25, 0.3) is 0 Å². The van der Waals surface area contributed by atoms with Gasteiger partial charge in [-0.2, -0.15) is 0 Å². The second-order valence-electron chi connectivity index (χ2n) is 5.86. The summed E-state index contributed by atoms with van der Waals surface area (Å²) in [5.74, 6) is -1.20. The van der Waals surface area contributed by atoms with Crippen molar-refractivity contribution in [2.24, 2.45) is 0 Å². The van der Waals surface area contributed by atoms with Crippen LogP contribution in [0.3, 0.4) is 0 Å². The molecule has 2 rings (SSSR count). The number of esters is 1. The van der Waals surface area contributed by atoms with Gasteiger partial charge < -0.3 is 14.2 Å². The molecular formula is C15H21NO6S. The lowest BCUT2D eigenvalue weighted by Crippen LogP contribution is -2.25. The maximum absolute atomic E-state index is 12.0. The van der Waals surface area contributed by atoms with Gasteiger partial charge in [0.15, 0.2) is 5.79 Å². The zero-order valence-electron chi connectivity index (χ0n) is 13.6. The summed E-state index contributed by atoms with van der Waals surface area (Å²) in [5, 5.41) is 0. The van der Waals surface area contributed by atoms with E-state index in [0.717, 1.165) is 4.31 Å². The van der Waals surface area contributed by atoms with Gasteiger partial charge in [0.25, 0.3) is 0 Å². The van der Waals surface area contributed by atoms with Crippen molar-refractivity contribution < 1.29 is 27.4 Å². The van der Waals surface area contributed by atoms with E-state index >= 15 is 0 Å². The largest absolute Gasteiger partial charge is 0.459 e. The second-order valence-corrected chi connectivity index (χ2v) is 8.01. The predicted octanol–water partition coefficient (Wildman–Crippen LogP) is 1.25. The first kappa shape index (κ1) is 17.9. The fourth-order valence-corrected chi connectivity index (χ4v) is 2.97. The highest BCUT2D eigenvalue weighted by Gasteiger charge is 2.33. The van der Waals surface area contributed by atoms with Crippen LogP contribution >= 0.6 is 0 Å². The van der Waals surface area contributed by atoms with Crippen LogP contribution in [-0.4, -0.2) is 57.9 Å². The van der Waals surface area contributed by atoms with Crippen LogP contribution in [0.1, 0.15) is 24.2 Å². The van der Waals surface area contributed by atoms with E-state index in [1.165, 1.54) is 38.4 Å². The molecule has 7 nitrogen and oxygen atoms in total. The summed E-state index contributed by atoms with van der Waals surface area (Å²) in [5.41, 5.74) is 0.279. The van der Waals surface area contributed by atoms with E-state index < -0.39 is 21.8 Å². The molecule has 1 aromatic rings. The first-order valence-corrected chi connectivity index (χ1v) is 8.57. The van der Waals surface area contributed by atoms with Gasteiger partial charge in [-0.15, -0.1) is 0 Å². The van der Waals surface area contributed by atoms with Crippen molar-refractivity contribution in [3.8, 4) is 0 Å². The third-order valence-electron chi connectivity index (χ3n) is 3.34. The van der Waals surface area contributed by atoms with E-state index in [1.54, 1.807) is 13.8 Å². The zero-order valence-corrected chi connectivity index (χ0v) is 14.4. The van der Waals surface area contributed by atoms with Crippen LogP contribution in [0.15, 0.2) is 29.2 Å². The third-order valence-corrected chi connectivity index (χ3v) is 5.17. The first-order valence-electron chi connectivity index (χ1n) is 7.13. The highest BCUT2D eigenvalue weighted by atomic mass is 32.2. The molecule has 0 N–H and O–H groups in total. The second kappa shape index (κ2) is 6.56. The van der Waals surface area contributed by atoms with Gasteiger partial charge >= 0.3 is 5.97 Å². The summed E-state index contributed by atoms with van der Waals surface area (Å²) in [6.07, 6.45) is -0.303. The summed E-state index contributed by atoms with van der Waals surface area (Å²) in [6, 6.07) is 5.61. The lowest BCUT2D eigenvalue weighted by Gasteiger charge is -2.17. The molecule has 1 aliphatic rings. The molecule has 0 aliphatic carbocycles. The minimum Gasteiger partial charge on any atom is -0.459 e. The number of carbonyl (C=O) groups is 1. The summed E-state index contributed by atoms with van der Waals surface area (Å²) in [6.45, 7) is 4.03. The van der Waals surface area contributed by atoms with Crippen molar-refractivity contribution in [2.45, 2.75) is 30.6 Å². The van der Waals surface area contributed by atoms with Crippen LogP contribution < -0.4 is 0 Å². The quantitative estimate of drug-likeness (QED) is 0.748. The molecule has 0 saturated carbocycles.